The molecule has 2 amide bonds. The van der Waals surface area contributed by atoms with Crippen LogP contribution >= 0.6 is 0 Å². The van der Waals surface area contributed by atoms with Gasteiger partial charge >= 0.3 is 5.97 Å². The molecule has 1 saturated heterocycles. The van der Waals surface area contributed by atoms with E-state index in [1.165, 1.54) is 0 Å². The van der Waals surface area contributed by atoms with Crippen molar-refractivity contribution >= 4 is 23.5 Å². The van der Waals surface area contributed by atoms with E-state index in [2.05, 4.69) is 0 Å². The number of esters is 1. The third-order valence-corrected chi connectivity index (χ3v) is 5.03. The van der Waals surface area contributed by atoms with E-state index in [0.29, 0.717) is 32.7 Å². The van der Waals surface area contributed by atoms with Crippen molar-refractivity contribution in [3.63, 3.8) is 0 Å². The second-order valence-electron chi connectivity index (χ2n) is 6.48. The van der Waals surface area contributed by atoms with Crippen LogP contribution in [0.1, 0.15) is 38.2 Å². The summed E-state index contributed by atoms with van der Waals surface area (Å²) in [7, 11) is 0. The van der Waals surface area contributed by atoms with Crippen LogP contribution in [0, 0.1) is 5.92 Å². The van der Waals surface area contributed by atoms with Crippen molar-refractivity contribution in [3.05, 3.63) is 29.8 Å². The SMILES string of the molecule is CCOC(=O)[C@@H]1CCN(C(=O)[C@H]2CC(=O)N(CC)C2)c2ccccc21. The average molecular weight is 344 g/mol. The molecule has 3 rings (SSSR count). The van der Waals surface area contributed by atoms with Gasteiger partial charge in [0.2, 0.25) is 11.8 Å². The van der Waals surface area contributed by atoms with E-state index in [-0.39, 0.29) is 36.0 Å². The van der Waals surface area contributed by atoms with E-state index in [0.717, 1.165) is 11.3 Å². The number of para-hydroxylation sites is 1. The Balaban J connectivity index is 1.84. The molecule has 0 aromatic heterocycles. The molecule has 0 N–H and O–H groups in total. The van der Waals surface area contributed by atoms with Gasteiger partial charge in [-0.25, -0.2) is 0 Å². The number of ether oxygens (including phenoxy) is 1. The molecule has 0 radical (unpaired) electrons. The van der Waals surface area contributed by atoms with Crippen LogP contribution in [0.25, 0.3) is 0 Å². The quantitative estimate of drug-likeness (QED) is 0.783. The highest BCUT2D eigenvalue weighted by Crippen LogP contribution is 2.37. The van der Waals surface area contributed by atoms with Gasteiger partial charge in [-0.2, -0.15) is 0 Å². The predicted octanol–water partition coefficient (Wildman–Crippen LogP) is 1.94. The first kappa shape index (κ1) is 17.5. The van der Waals surface area contributed by atoms with Gasteiger partial charge in [-0.1, -0.05) is 18.2 Å². The average Bonchev–Trinajstić information content (AvgIpc) is 3.01. The fourth-order valence-electron chi connectivity index (χ4n) is 3.74. The normalized spacial score (nSPS) is 22.7. The first-order valence-corrected chi connectivity index (χ1v) is 8.91. The van der Waals surface area contributed by atoms with Gasteiger partial charge in [0.15, 0.2) is 0 Å². The molecule has 1 aromatic rings. The Kier molecular flexibility index (Phi) is 5.06. The fourth-order valence-corrected chi connectivity index (χ4v) is 3.74. The molecule has 6 nitrogen and oxygen atoms in total. The lowest BCUT2D eigenvalue weighted by Gasteiger charge is -2.34. The molecule has 2 aliphatic rings. The molecule has 0 unspecified atom stereocenters. The summed E-state index contributed by atoms with van der Waals surface area (Å²) >= 11 is 0. The summed E-state index contributed by atoms with van der Waals surface area (Å²) < 4.78 is 5.18. The molecule has 25 heavy (non-hydrogen) atoms. The number of anilines is 1. The van der Waals surface area contributed by atoms with Crippen molar-refractivity contribution in [2.24, 2.45) is 5.92 Å². The fraction of sp³-hybridized carbons (Fsp3) is 0.526. The lowest BCUT2D eigenvalue weighted by Crippen LogP contribution is -2.42. The molecule has 0 saturated carbocycles. The van der Waals surface area contributed by atoms with Crippen LogP contribution in [-0.2, 0) is 19.1 Å². The Morgan fingerprint density at radius 1 is 1.24 bits per heavy atom. The van der Waals surface area contributed by atoms with E-state index in [9.17, 15) is 14.4 Å². The number of carbonyl (C=O) groups is 3. The number of fused-ring (bicyclic) bond motifs is 1. The number of nitrogens with zero attached hydrogens (tertiary/aromatic N) is 2. The van der Waals surface area contributed by atoms with Gasteiger partial charge in [-0.3, -0.25) is 14.4 Å². The smallest absolute Gasteiger partial charge is 0.313 e. The van der Waals surface area contributed by atoms with Crippen LogP contribution in [0.5, 0.6) is 0 Å². The first-order valence-electron chi connectivity index (χ1n) is 8.91. The maximum absolute atomic E-state index is 13.0. The summed E-state index contributed by atoms with van der Waals surface area (Å²) in [6, 6.07) is 7.49. The second-order valence-corrected chi connectivity index (χ2v) is 6.48. The number of benzene rings is 1. The van der Waals surface area contributed by atoms with Gasteiger partial charge in [-0.15, -0.1) is 0 Å². The zero-order valence-corrected chi connectivity index (χ0v) is 14.7. The van der Waals surface area contributed by atoms with Gasteiger partial charge in [0.1, 0.15) is 0 Å². The van der Waals surface area contributed by atoms with Crippen molar-refractivity contribution in [2.75, 3.05) is 31.1 Å². The Morgan fingerprint density at radius 3 is 2.68 bits per heavy atom. The zero-order valence-electron chi connectivity index (χ0n) is 14.7. The highest BCUT2D eigenvalue weighted by Gasteiger charge is 2.39. The Bertz CT molecular complexity index is 688. The molecule has 134 valence electrons. The summed E-state index contributed by atoms with van der Waals surface area (Å²) in [5.41, 5.74) is 1.59. The van der Waals surface area contributed by atoms with E-state index >= 15 is 0 Å². The summed E-state index contributed by atoms with van der Waals surface area (Å²) in [6.07, 6.45) is 0.812. The topological polar surface area (TPSA) is 66.9 Å². The van der Waals surface area contributed by atoms with E-state index in [4.69, 9.17) is 4.74 Å². The minimum absolute atomic E-state index is 0.0286. The molecule has 0 aliphatic carbocycles. The van der Waals surface area contributed by atoms with Gasteiger partial charge < -0.3 is 14.5 Å². The minimum atomic E-state index is -0.336. The van der Waals surface area contributed by atoms with E-state index in [1.54, 1.807) is 16.7 Å². The molecule has 6 heteroatoms. The maximum Gasteiger partial charge on any atom is 0.313 e. The summed E-state index contributed by atoms with van der Waals surface area (Å²) in [5, 5.41) is 0. The Labute approximate surface area is 147 Å². The molecular weight excluding hydrogens is 320 g/mol. The van der Waals surface area contributed by atoms with E-state index < -0.39 is 0 Å². The molecule has 1 aromatic carbocycles. The number of carbonyl (C=O) groups excluding carboxylic acids is 3. The van der Waals surface area contributed by atoms with Gasteiger partial charge in [0.05, 0.1) is 18.4 Å². The van der Waals surface area contributed by atoms with Crippen molar-refractivity contribution in [1.29, 1.82) is 0 Å². The highest BCUT2D eigenvalue weighted by atomic mass is 16.5. The summed E-state index contributed by atoms with van der Waals surface area (Å²) in [5.74, 6) is -0.873. The monoisotopic (exact) mass is 344 g/mol. The summed E-state index contributed by atoms with van der Waals surface area (Å²) in [4.78, 5) is 40.7. The van der Waals surface area contributed by atoms with Crippen LogP contribution in [0.4, 0.5) is 5.69 Å². The van der Waals surface area contributed by atoms with Crippen molar-refractivity contribution < 1.29 is 19.1 Å². The molecule has 2 heterocycles. The molecular formula is C19H24N2O4. The number of hydrogen-bond donors (Lipinski definition) is 0. The Hall–Kier alpha value is -2.37. The van der Waals surface area contributed by atoms with Gasteiger partial charge in [-0.05, 0) is 31.9 Å². The van der Waals surface area contributed by atoms with Crippen LogP contribution in [0.3, 0.4) is 0 Å². The minimum Gasteiger partial charge on any atom is -0.466 e. The molecule has 1 fully saturated rings. The maximum atomic E-state index is 13.0. The third-order valence-electron chi connectivity index (χ3n) is 5.03. The lowest BCUT2D eigenvalue weighted by atomic mass is 9.89. The van der Waals surface area contributed by atoms with Crippen molar-refractivity contribution in [2.45, 2.75) is 32.6 Å². The van der Waals surface area contributed by atoms with Crippen LogP contribution < -0.4 is 4.90 Å². The lowest BCUT2D eigenvalue weighted by molar-refractivity contribution is -0.145. The third kappa shape index (κ3) is 3.25. The van der Waals surface area contributed by atoms with E-state index in [1.807, 2.05) is 31.2 Å². The highest BCUT2D eigenvalue weighted by molar-refractivity contribution is 6.01. The number of likely N-dealkylation sites (tertiary alicyclic amines) is 1. The Morgan fingerprint density at radius 2 is 2.00 bits per heavy atom. The first-order chi connectivity index (χ1) is 12.1. The van der Waals surface area contributed by atoms with Gasteiger partial charge in [0.25, 0.3) is 0 Å². The van der Waals surface area contributed by atoms with Crippen LogP contribution in [0.2, 0.25) is 0 Å². The van der Waals surface area contributed by atoms with Crippen LogP contribution in [-0.4, -0.2) is 48.9 Å². The molecule has 2 atom stereocenters. The number of hydrogen-bond acceptors (Lipinski definition) is 4. The largest absolute Gasteiger partial charge is 0.466 e. The predicted molar refractivity (Wildman–Crippen MR) is 93.1 cm³/mol. The summed E-state index contributed by atoms with van der Waals surface area (Å²) in [6.45, 7) is 5.63. The van der Waals surface area contributed by atoms with Gasteiger partial charge in [0, 0.05) is 31.7 Å². The molecule has 0 bridgehead atoms. The van der Waals surface area contributed by atoms with Crippen LogP contribution in [0.15, 0.2) is 24.3 Å². The molecule has 2 aliphatic heterocycles. The zero-order chi connectivity index (χ0) is 18.0. The van der Waals surface area contributed by atoms with Crippen molar-refractivity contribution in [1.82, 2.24) is 4.90 Å². The number of rotatable bonds is 4. The van der Waals surface area contributed by atoms with Crippen molar-refractivity contribution in [3.8, 4) is 0 Å². The second kappa shape index (κ2) is 7.25. The number of amides is 2. The standard InChI is InChI=1S/C19H24N2O4/c1-3-20-12-13(11-17(20)22)18(23)21-10-9-15(19(24)25-4-2)14-7-5-6-8-16(14)21/h5-8,13,15H,3-4,9-12H2,1-2H3/t13-,15+/m0/s1. The molecule has 0 spiro atoms.